The molecule has 0 saturated carbocycles. The maximum absolute atomic E-state index is 12.9. The van der Waals surface area contributed by atoms with Gasteiger partial charge in [0, 0.05) is 12.5 Å². The van der Waals surface area contributed by atoms with E-state index in [4.69, 9.17) is 11.6 Å². The topological polar surface area (TPSA) is 12.0 Å². The molecule has 18 heavy (non-hydrogen) atoms. The maximum Gasteiger partial charge on any atom is 0.389 e. The van der Waals surface area contributed by atoms with Gasteiger partial charge in [-0.3, -0.25) is 0 Å². The van der Waals surface area contributed by atoms with Gasteiger partial charge in [0.25, 0.3) is 0 Å². The average Bonchev–Trinajstić information content (AvgIpc) is 2.28. The van der Waals surface area contributed by atoms with Crippen LogP contribution in [0, 0.1) is 5.82 Å². The molecule has 0 saturated heterocycles. The molecule has 0 heterocycles. The number of benzene rings is 1. The van der Waals surface area contributed by atoms with Gasteiger partial charge >= 0.3 is 6.18 Å². The van der Waals surface area contributed by atoms with E-state index in [1.807, 2.05) is 0 Å². The predicted molar refractivity (Wildman–Crippen MR) is 63.3 cm³/mol. The third kappa shape index (κ3) is 5.23. The van der Waals surface area contributed by atoms with Gasteiger partial charge in [-0.1, -0.05) is 17.7 Å². The Labute approximate surface area is 108 Å². The van der Waals surface area contributed by atoms with E-state index in [1.54, 1.807) is 7.05 Å². The highest BCUT2D eigenvalue weighted by Gasteiger charge is 2.28. The Morgan fingerprint density at radius 1 is 1.33 bits per heavy atom. The van der Waals surface area contributed by atoms with Crippen LogP contribution in [0.4, 0.5) is 17.6 Å². The molecule has 0 fully saturated rings. The molecule has 102 valence electrons. The number of halogens is 5. The van der Waals surface area contributed by atoms with Gasteiger partial charge in [0.1, 0.15) is 5.82 Å². The largest absolute Gasteiger partial charge is 0.389 e. The lowest BCUT2D eigenvalue weighted by Gasteiger charge is -2.17. The summed E-state index contributed by atoms with van der Waals surface area (Å²) in [5.41, 5.74) is 0.711. The summed E-state index contributed by atoms with van der Waals surface area (Å²) < 4.78 is 49.3. The van der Waals surface area contributed by atoms with E-state index in [2.05, 4.69) is 5.32 Å². The van der Waals surface area contributed by atoms with Crippen LogP contribution in [0.1, 0.15) is 18.4 Å². The SMILES string of the molecule is CNC(CCC(F)(F)F)Cc1ccc(F)c(Cl)c1. The molecule has 1 atom stereocenters. The molecule has 1 nitrogen and oxygen atoms in total. The number of hydrogen-bond acceptors (Lipinski definition) is 1. The van der Waals surface area contributed by atoms with E-state index in [0.29, 0.717) is 12.0 Å². The van der Waals surface area contributed by atoms with Crippen molar-refractivity contribution < 1.29 is 17.6 Å². The van der Waals surface area contributed by atoms with Crippen molar-refractivity contribution in [1.29, 1.82) is 0 Å². The molecule has 1 unspecified atom stereocenters. The smallest absolute Gasteiger partial charge is 0.317 e. The van der Waals surface area contributed by atoms with Gasteiger partial charge in [-0.15, -0.1) is 0 Å². The van der Waals surface area contributed by atoms with Crippen molar-refractivity contribution in [3.8, 4) is 0 Å². The zero-order valence-corrected chi connectivity index (χ0v) is 10.6. The Balaban J connectivity index is 2.59. The standard InChI is InChI=1S/C12H14ClF4N/c1-18-9(4-5-12(15,16)17)6-8-2-3-11(14)10(13)7-8/h2-3,7,9,18H,4-6H2,1H3. The number of alkyl halides is 3. The van der Waals surface area contributed by atoms with E-state index in [9.17, 15) is 17.6 Å². The maximum atomic E-state index is 12.9. The fraction of sp³-hybridized carbons (Fsp3) is 0.500. The third-order valence-corrected chi connectivity index (χ3v) is 2.94. The fourth-order valence-corrected chi connectivity index (χ4v) is 1.84. The predicted octanol–water partition coefficient (Wildman–Crippen LogP) is 3.95. The lowest BCUT2D eigenvalue weighted by atomic mass is 10.0. The molecular weight excluding hydrogens is 270 g/mol. The Hall–Kier alpha value is -0.810. The van der Waals surface area contributed by atoms with Gasteiger partial charge in [0.2, 0.25) is 0 Å². The highest BCUT2D eigenvalue weighted by Crippen LogP contribution is 2.24. The molecule has 0 spiro atoms. The van der Waals surface area contributed by atoms with Crippen molar-refractivity contribution in [3.05, 3.63) is 34.6 Å². The average molecular weight is 284 g/mol. The summed E-state index contributed by atoms with van der Waals surface area (Å²) in [5, 5.41) is 2.80. The minimum absolute atomic E-state index is 0.0156. The molecule has 1 N–H and O–H groups in total. The highest BCUT2D eigenvalue weighted by atomic mass is 35.5. The highest BCUT2D eigenvalue weighted by molar-refractivity contribution is 6.30. The van der Waals surface area contributed by atoms with Crippen LogP contribution in [0.2, 0.25) is 5.02 Å². The van der Waals surface area contributed by atoms with Crippen molar-refractivity contribution in [1.82, 2.24) is 5.32 Å². The zero-order valence-electron chi connectivity index (χ0n) is 9.82. The van der Waals surface area contributed by atoms with Crippen molar-refractivity contribution in [2.45, 2.75) is 31.5 Å². The van der Waals surface area contributed by atoms with Crippen LogP contribution >= 0.6 is 11.6 Å². The summed E-state index contributed by atoms with van der Waals surface area (Å²) in [7, 11) is 1.60. The van der Waals surface area contributed by atoms with Crippen LogP contribution < -0.4 is 5.32 Å². The van der Waals surface area contributed by atoms with Gasteiger partial charge in [0.05, 0.1) is 5.02 Å². The molecule has 0 amide bonds. The fourth-order valence-electron chi connectivity index (χ4n) is 1.64. The van der Waals surface area contributed by atoms with Gasteiger partial charge in [0.15, 0.2) is 0 Å². The Kier molecular flexibility index (Phi) is 5.41. The molecule has 0 radical (unpaired) electrons. The van der Waals surface area contributed by atoms with Crippen molar-refractivity contribution in [3.63, 3.8) is 0 Å². The van der Waals surface area contributed by atoms with Crippen LogP contribution in [0.5, 0.6) is 0 Å². The van der Waals surface area contributed by atoms with Crippen LogP contribution in [0.15, 0.2) is 18.2 Å². The first-order valence-corrected chi connectivity index (χ1v) is 5.87. The van der Waals surface area contributed by atoms with Crippen molar-refractivity contribution >= 4 is 11.6 Å². The zero-order chi connectivity index (χ0) is 13.8. The molecule has 1 rings (SSSR count). The number of rotatable bonds is 5. The van der Waals surface area contributed by atoms with Gasteiger partial charge < -0.3 is 5.32 Å². The first kappa shape index (κ1) is 15.2. The molecule has 0 aromatic heterocycles. The quantitative estimate of drug-likeness (QED) is 0.807. The van der Waals surface area contributed by atoms with Crippen LogP contribution in [0.3, 0.4) is 0 Å². The van der Waals surface area contributed by atoms with Gasteiger partial charge in [-0.05, 0) is 37.6 Å². The molecular formula is C12H14ClF4N. The lowest BCUT2D eigenvalue weighted by Crippen LogP contribution is -2.29. The summed E-state index contributed by atoms with van der Waals surface area (Å²) in [4.78, 5) is 0. The van der Waals surface area contributed by atoms with Gasteiger partial charge in [-0.2, -0.15) is 13.2 Å². The molecule has 0 aliphatic heterocycles. The number of hydrogen-bond donors (Lipinski definition) is 1. The van der Waals surface area contributed by atoms with E-state index in [0.717, 1.165) is 0 Å². The third-order valence-electron chi connectivity index (χ3n) is 2.65. The van der Waals surface area contributed by atoms with Crippen molar-refractivity contribution in [2.75, 3.05) is 7.05 Å². The minimum atomic E-state index is -4.16. The lowest BCUT2D eigenvalue weighted by molar-refractivity contribution is -0.136. The molecule has 0 aliphatic rings. The number of likely N-dealkylation sites (N-methyl/N-ethyl adjacent to an activating group) is 1. The van der Waals surface area contributed by atoms with Crippen LogP contribution in [0.25, 0.3) is 0 Å². The minimum Gasteiger partial charge on any atom is -0.317 e. The van der Waals surface area contributed by atoms with Crippen LogP contribution in [-0.4, -0.2) is 19.3 Å². The Morgan fingerprint density at radius 2 is 2.00 bits per heavy atom. The Bertz CT molecular complexity index is 392. The summed E-state index contributed by atoms with van der Waals surface area (Å²) in [6.07, 6.45) is -4.63. The Morgan fingerprint density at radius 3 is 2.50 bits per heavy atom. The normalized spacial score (nSPS) is 13.7. The van der Waals surface area contributed by atoms with E-state index < -0.39 is 18.4 Å². The monoisotopic (exact) mass is 283 g/mol. The summed E-state index contributed by atoms with van der Waals surface area (Å²) >= 11 is 5.61. The summed E-state index contributed by atoms with van der Waals surface area (Å²) in [6.45, 7) is 0. The van der Waals surface area contributed by atoms with E-state index in [-0.39, 0.29) is 17.5 Å². The first-order chi connectivity index (χ1) is 8.31. The summed E-state index contributed by atoms with van der Waals surface area (Å²) in [5.74, 6) is -0.531. The molecule has 1 aromatic rings. The second kappa shape index (κ2) is 6.38. The van der Waals surface area contributed by atoms with Crippen LogP contribution in [-0.2, 0) is 6.42 Å². The van der Waals surface area contributed by atoms with E-state index >= 15 is 0 Å². The molecule has 6 heteroatoms. The second-order valence-electron chi connectivity index (χ2n) is 4.09. The molecule has 0 bridgehead atoms. The first-order valence-electron chi connectivity index (χ1n) is 5.50. The van der Waals surface area contributed by atoms with E-state index in [1.165, 1.54) is 18.2 Å². The molecule has 1 aromatic carbocycles. The molecule has 0 aliphatic carbocycles. The van der Waals surface area contributed by atoms with Crippen molar-refractivity contribution in [2.24, 2.45) is 0 Å². The second-order valence-corrected chi connectivity index (χ2v) is 4.50. The number of nitrogens with one attached hydrogen (secondary N) is 1. The van der Waals surface area contributed by atoms with Gasteiger partial charge in [-0.25, -0.2) is 4.39 Å². The summed E-state index contributed by atoms with van der Waals surface area (Å²) in [6, 6.07) is 3.87.